The molecule has 0 aliphatic heterocycles. The Bertz CT molecular complexity index is 1670. The molecule has 35 heavy (non-hydrogen) atoms. The van der Waals surface area contributed by atoms with Gasteiger partial charge in [0.1, 0.15) is 0 Å². The highest BCUT2D eigenvalue weighted by molar-refractivity contribution is 6.13. The van der Waals surface area contributed by atoms with Crippen LogP contribution < -0.4 is 0 Å². The second kappa shape index (κ2) is 8.03. The monoisotopic (exact) mass is 450 g/mol. The Morgan fingerprint density at radius 3 is 1.97 bits per heavy atom. The van der Waals surface area contributed by atoms with E-state index in [-0.39, 0.29) is 0 Å². The average Bonchev–Trinajstić information content (AvgIpc) is 3.29. The quantitative estimate of drug-likeness (QED) is 0.285. The van der Waals surface area contributed by atoms with E-state index in [1.165, 1.54) is 21.9 Å². The van der Waals surface area contributed by atoms with Crippen LogP contribution in [0.4, 0.5) is 0 Å². The smallest absolute Gasteiger partial charge is 0.238 e. The fourth-order valence-electron chi connectivity index (χ4n) is 5.09. The van der Waals surface area contributed by atoms with Gasteiger partial charge < -0.3 is 0 Å². The molecule has 166 valence electrons. The first-order valence-corrected chi connectivity index (χ1v) is 12.0. The van der Waals surface area contributed by atoms with Crippen molar-refractivity contribution < 1.29 is 0 Å². The van der Waals surface area contributed by atoms with Crippen molar-refractivity contribution in [1.82, 2.24) is 19.5 Å². The van der Waals surface area contributed by atoms with Crippen molar-refractivity contribution in [2.24, 2.45) is 0 Å². The van der Waals surface area contributed by atoms with Gasteiger partial charge in [-0.1, -0.05) is 97.1 Å². The topological polar surface area (TPSA) is 43.6 Å². The lowest BCUT2D eigenvalue weighted by molar-refractivity contribution is 0.951. The Labute approximate surface area is 203 Å². The van der Waals surface area contributed by atoms with Crippen LogP contribution in [-0.4, -0.2) is 19.5 Å². The lowest BCUT2D eigenvalue weighted by Gasteiger charge is -2.13. The summed E-state index contributed by atoms with van der Waals surface area (Å²) < 4.78 is 2.19. The molecule has 0 bridgehead atoms. The highest BCUT2D eigenvalue weighted by Gasteiger charge is 2.20. The van der Waals surface area contributed by atoms with Crippen molar-refractivity contribution >= 4 is 27.9 Å². The van der Waals surface area contributed by atoms with Gasteiger partial charge in [0.15, 0.2) is 11.6 Å². The van der Waals surface area contributed by atoms with Crippen LogP contribution in [0.1, 0.15) is 17.5 Å². The number of benzene rings is 4. The van der Waals surface area contributed by atoms with E-state index in [4.69, 9.17) is 15.0 Å². The van der Waals surface area contributed by atoms with Crippen LogP contribution >= 0.6 is 0 Å². The average molecular weight is 451 g/mol. The van der Waals surface area contributed by atoms with Crippen molar-refractivity contribution in [2.75, 3.05) is 0 Å². The van der Waals surface area contributed by atoms with Gasteiger partial charge in [0.05, 0.1) is 11.0 Å². The van der Waals surface area contributed by atoms with E-state index in [0.717, 1.165) is 35.0 Å². The second-order valence-electron chi connectivity index (χ2n) is 8.84. The van der Waals surface area contributed by atoms with Gasteiger partial charge in [0.2, 0.25) is 5.95 Å². The van der Waals surface area contributed by atoms with Gasteiger partial charge in [-0.25, -0.2) is 4.98 Å². The summed E-state index contributed by atoms with van der Waals surface area (Å²) in [6, 6.07) is 33.3. The summed E-state index contributed by atoms with van der Waals surface area (Å²) in [4.78, 5) is 14.9. The van der Waals surface area contributed by atoms with Crippen molar-refractivity contribution in [2.45, 2.75) is 12.8 Å². The van der Waals surface area contributed by atoms with Crippen LogP contribution in [0.5, 0.6) is 0 Å². The lowest BCUT2D eigenvalue weighted by atomic mass is 9.93. The maximum absolute atomic E-state index is 5.01. The number of nitrogens with zero attached hydrogens (tertiary/aromatic N) is 4. The van der Waals surface area contributed by atoms with Gasteiger partial charge in [-0.3, -0.25) is 4.57 Å². The first-order chi connectivity index (χ1) is 17.4. The minimum atomic E-state index is 0.628. The summed E-state index contributed by atoms with van der Waals surface area (Å²) in [6.07, 6.45) is 6.71. The van der Waals surface area contributed by atoms with Gasteiger partial charge in [0, 0.05) is 21.9 Å². The molecule has 2 aromatic heterocycles. The molecule has 0 fully saturated rings. The number of hydrogen-bond acceptors (Lipinski definition) is 3. The third-order valence-electron chi connectivity index (χ3n) is 6.72. The van der Waals surface area contributed by atoms with Crippen molar-refractivity contribution in [3.05, 3.63) is 114 Å². The van der Waals surface area contributed by atoms with Crippen LogP contribution in [0.25, 0.3) is 56.6 Å². The molecule has 0 spiro atoms. The Hall–Kier alpha value is -4.57. The Kier molecular flexibility index (Phi) is 4.56. The molecule has 4 nitrogen and oxygen atoms in total. The molecule has 0 N–H and O–H groups in total. The van der Waals surface area contributed by atoms with Crippen molar-refractivity contribution in [3.63, 3.8) is 0 Å². The van der Waals surface area contributed by atoms with Crippen molar-refractivity contribution in [1.29, 1.82) is 0 Å². The van der Waals surface area contributed by atoms with Crippen LogP contribution in [0.2, 0.25) is 0 Å². The maximum atomic E-state index is 5.01. The molecule has 1 aliphatic rings. The normalized spacial score (nSPS) is 12.8. The molecular weight excluding hydrogens is 428 g/mol. The minimum absolute atomic E-state index is 0.628. The Balaban J connectivity index is 1.57. The number of hydrogen-bond donors (Lipinski definition) is 0. The van der Waals surface area contributed by atoms with E-state index in [2.05, 4.69) is 53.1 Å². The third kappa shape index (κ3) is 3.26. The molecule has 0 saturated carbocycles. The molecule has 6 aromatic rings. The largest absolute Gasteiger partial charge is 0.278 e. The van der Waals surface area contributed by atoms with E-state index < -0.39 is 0 Å². The molecule has 0 amide bonds. The van der Waals surface area contributed by atoms with Gasteiger partial charge in [-0.05, 0) is 36.1 Å². The van der Waals surface area contributed by atoms with Crippen LogP contribution in [0.15, 0.2) is 103 Å². The zero-order chi connectivity index (χ0) is 23.2. The van der Waals surface area contributed by atoms with E-state index in [9.17, 15) is 0 Å². The molecule has 1 aliphatic carbocycles. The third-order valence-corrected chi connectivity index (χ3v) is 6.72. The Morgan fingerprint density at radius 1 is 0.600 bits per heavy atom. The zero-order valence-corrected chi connectivity index (χ0v) is 19.1. The number of aromatic nitrogens is 4. The predicted molar refractivity (Wildman–Crippen MR) is 142 cm³/mol. The fourth-order valence-corrected chi connectivity index (χ4v) is 5.09. The van der Waals surface area contributed by atoms with Gasteiger partial charge in [-0.15, -0.1) is 0 Å². The summed E-state index contributed by atoms with van der Waals surface area (Å²) in [5, 5.41) is 2.48. The predicted octanol–water partition coefficient (Wildman–Crippen LogP) is 7.26. The van der Waals surface area contributed by atoms with Crippen molar-refractivity contribution in [3.8, 4) is 28.7 Å². The van der Waals surface area contributed by atoms with E-state index in [0.29, 0.717) is 17.6 Å². The standard InChI is InChI=1S/C31H22N4/c1-3-12-22(13-4-1)29-32-30(23-14-5-2-6-15-23)34-31(33-29)35-26-18-10-9-17-25(26)28-24-16-8-7-11-21(24)19-20-27(28)35/h1-6,8-10,12-20H,7,11H2. The second-order valence-corrected chi connectivity index (χ2v) is 8.84. The summed E-state index contributed by atoms with van der Waals surface area (Å²) in [6.45, 7) is 0. The number of rotatable bonds is 3. The molecule has 4 aromatic carbocycles. The van der Waals surface area contributed by atoms with E-state index in [1.807, 2.05) is 60.7 Å². The first-order valence-electron chi connectivity index (χ1n) is 12.0. The molecule has 0 saturated heterocycles. The van der Waals surface area contributed by atoms with Gasteiger partial charge >= 0.3 is 0 Å². The highest BCUT2D eigenvalue weighted by Crippen LogP contribution is 2.37. The highest BCUT2D eigenvalue weighted by atomic mass is 15.2. The molecule has 4 heteroatoms. The molecular formula is C31H22N4. The zero-order valence-electron chi connectivity index (χ0n) is 19.1. The number of para-hydroxylation sites is 1. The van der Waals surface area contributed by atoms with Crippen LogP contribution in [-0.2, 0) is 6.42 Å². The molecule has 2 heterocycles. The molecule has 0 atom stereocenters. The van der Waals surface area contributed by atoms with Crippen LogP contribution in [0.3, 0.4) is 0 Å². The molecule has 0 radical (unpaired) electrons. The van der Waals surface area contributed by atoms with Crippen LogP contribution in [0, 0.1) is 0 Å². The maximum Gasteiger partial charge on any atom is 0.238 e. The van der Waals surface area contributed by atoms with E-state index in [1.54, 1.807) is 0 Å². The SMILES string of the molecule is C1=Cc2c(ccc3c2c2ccccc2n3-c2nc(-c3ccccc3)nc(-c3ccccc3)n2)CC1. The number of aryl methyl sites for hydroxylation is 1. The minimum Gasteiger partial charge on any atom is -0.278 e. The summed E-state index contributed by atoms with van der Waals surface area (Å²) in [5.41, 5.74) is 6.85. The summed E-state index contributed by atoms with van der Waals surface area (Å²) in [7, 11) is 0. The number of fused-ring (bicyclic) bond motifs is 5. The Morgan fingerprint density at radius 2 is 1.26 bits per heavy atom. The summed E-state index contributed by atoms with van der Waals surface area (Å²) >= 11 is 0. The van der Waals surface area contributed by atoms with Gasteiger partial charge in [0.25, 0.3) is 0 Å². The lowest BCUT2D eigenvalue weighted by Crippen LogP contribution is -2.06. The van der Waals surface area contributed by atoms with Gasteiger partial charge in [-0.2, -0.15) is 9.97 Å². The summed E-state index contributed by atoms with van der Waals surface area (Å²) in [5.74, 6) is 1.96. The van der Waals surface area contributed by atoms with E-state index >= 15 is 0 Å². The fraction of sp³-hybridized carbons (Fsp3) is 0.0645. The molecule has 0 unspecified atom stereocenters. The first kappa shape index (κ1) is 19.9. The molecule has 7 rings (SSSR count). The number of allylic oxidation sites excluding steroid dienone is 1.